The van der Waals surface area contributed by atoms with Gasteiger partial charge in [-0.1, -0.05) is 66.9 Å². The van der Waals surface area contributed by atoms with Crippen LogP contribution in [-0.4, -0.2) is 25.2 Å². The topological polar surface area (TPSA) is 90.4 Å². The first-order valence-corrected chi connectivity index (χ1v) is 11.8. The Kier molecular flexibility index (Phi) is 13.3. The Bertz CT molecular complexity index is 676. The molecule has 0 radical (unpaired) electrons. The molecule has 0 aromatic rings. The van der Waals surface area contributed by atoms with Gasteiger partial charge in [-0.25, -0.2) is 4.79 Å². The van der Waals surface area contributed by atoms with Gasteiger partial charge >= 0.3 is 5.97 Å². The SMILES string of the molecule is C=C(/C(=C\N)[C@H](C(=C)N[C@@H](C)C(=O)OC)C(C)C)[C@@H](CC(=C)[C@@H](N)CC(C)C)CC(C)C. The van der Waals surface area contributed by atoms with Crippen LogP contribution in [0.3, 0.4) is 0 Å². The van der Waals surface area contributed by atoms with E-state index in [1.807, 2.05) is 0 Å². The third-order valence-corrected chi connectivity index (χ3v) is 5.89. The van der Waals surface area contributed by atoms with Crippen LogP contribution in [0.15, 0.2) is 48.4 Å². The van der Waals surface area contributed by atoms with Gasteiger partial charge in [0.1, 0.15) is 6.04 Å². The number of allylic oxidation sites excluding steroid dienone is 2. The fourth-order valence-corrected chi connectivity index (χ4v) is 4.26. The quantitative estimate of drug-likeness (QED) is 0.180. The van der Waals surface area contributed by atoms with Gasteiger partial charge < -0.3 is 21.5 Å². The zero-order valence-electron chi connectivity index (χ0n) is 21.8. The molecule has 184 valence electrons. The van der Waals surface area contributed by atoms with Gasteiger partial charge in [0.05, 0.1) is 7.11 Å². The van der Waals surface area contributed by atoms with Crippen LogP contribution in [0.25, 0.3) is 0 Å². The minimum atomic E-state index is -0.499. The molecule has 0 aliphatic carbocycles. The number of hydrogen-bond acceptors (Lipinski definition) is 5. The fraction of sp³-hybridized carbons (Fsp3) is 0.667. The largest absolute Gasteiger partial charge is 0.467 e. The van der Waals surface area contributed by atoms with Crippen molar-refractivity contribution in [3.63, 3.8) is 0 Å². The molecule has 4 atom stereocenters. The van der Waals surface area contributed by atoms with E-state index in [-0.39, 0.29) is 29.8 Å². The second-order valence-electron chi connectivity index (χ2n) is 10.2. The molecule has 5 nitrogen and oxygen atoms in total. The Morgan fingerprint density at radius 3 is 1.94 bits per heavy atom. The predicted molar refractivity (Wildman–Crippen MR) is 138 cm³/mol. The van der Waals surface area contributed by atoms with Crippen LogP contribution in [0.2, 0.25) is 0 Å². The van der Waals surface area contributed by atoms with Crippen molar-refractivity contribution in [3.8, 4) is 0 Å². The molecule has 0 heterocycles. The van der Waals surface area contributed by atoms with Crippen molar-refractivity contribution in [2.45, 2.75) is 79.8 Å². The van der Waals surface area contributed by atoms with Crippen molar-refractivity contribution in [2.75, 3.05) is 7.11 Å². The molecular weight excluding hydrogens is 398 g/mol. The van der Waals surface area contributed by atoms with E-state index in [4.69, 9.17) is 16.2 Å². The fourth-order valence-electron chi connectivity index (χ4n) is 4.26. The van der Waals surface area contributed by atoms with Gasteiger partial charge in [-0.15, -0.1) is 0 Å². The summed E-state index contributed by atoms with van der Waals surface area (Å²) in [4.78, 5) is 11.9. The molecular formula is C27H49N3O2. The molecule has 0 aromatic heterocycles. The molecule has 0 saturated carbocycles. The molecule has 5 heteroatoms. The van der Waals surface area contributed by atoms with E-state index < -0.39 is 6.04 Å². The van der Waals surface area contributed by atoms with Crippen molar-refractivity contribution in [2.24, 2.45) is 41.1 Å². The predicted octanol–water partition coefficient (Wildman–Crippen LogP) is 5.30. The number of hydrogen-bond donors (Lipinski definition) is 3. The lowest BCUT2D eigenvalue weighted by molar-refractivity contribution is -0.142. The van der Waals surface area contributed by atoms with Gasteiger partial charge in [0.25, 0.3) is 0 Å². The highest BCUT2D eigenvalue weighted by Crippen LogP contribution is 2.38. The molecule has 0 spiro atoms. The molecule has 0 saturated heterocycles. The van der Waals surface area contributed by atoms with Gasteiger partial charge in [-0.05, 0) is 67.2 Å². The van der Waals surface area contributed by atoms with Crippen LogP contribution in [0.1, 0.15) is 67.7 Å². The van der Waals surface area contributed by atoms with E-state index in [9.17, 15) is 4.79 Å². The number of carbonyl (C=O) groups is 1. The maximum absolute atomic E-state index is 11.9. The smallest absolute Gasteiger partial charge is 0.327 e. The summed E-state index contributed by atoms with van der Waals surface area (Å²) in [5.74, 6) is 0.971. The second-order valence-corrected chi connectivity index (χ2v) is 10.2. The van der Waals surface area contributed by atoms with E-state index in [2.05, 4.69) is 66.6 Å². The summed E-state index contributed by atoms with van der Waals surface area (Å²) >= 11 is 0. The zero-order valence-corrected chi connectivity index (χ0v) is 21.8. The number of ether oxygens (including phenoxy) is 1. The average molecular weight is 448 g/mol. The van der Waals surface area contributed by atoms with E-state index in [0.29, 0.717) is 11.8 Å². The van der Waals surface area contributed by atoms with Crippen LogP contribution in [0.4, 0.5) is 0 Å². The minimum Gasteiger partial charge on any atom is -0.467 e. The van der Waals surface area contributed by atoms with Gasteiger partial charge in [0, 0.05) is 17.7 Å². The molecule has 0 aliphatic rings. The lowest BCUT2D eigenvalue weighted by Gasteiger charge is -2.33. The van der Waals surface area contributed by atoms with Gasteiger partial charge in [-0.3, -0.25) is 0 Å². The Labute approximate surface area is 197 Å². The van der Waals surface area contributed by atoms with Crippen molar-refractivity contribution < 1.29 is 9.53 Å². The Morgan fingerprint density at radius 1 is 1.00 bits per heavy atom. The van der Waals surface area contributed by atoms with Gasteiger partial charge in [0.2, 0.25) is 0 Å². The number of carbonyl (C=O) groups excluding carboxylic acids is 1. The Hall–Kier alpha value is -2.01. The van der Waals surface area contributed by atoms with Crippen LogP contribution < -0.4 is 16.8 Å². The first-order chi connectivity index (χ1) is 14.8. The number of rotatable bonds is 15. The second kappa shape index (κ2) is 14.2. The van der Waals surface area contributed by atoms with Gasteiger partial charge in [0.15, 0.2) is 0 Å². The van der Waals surface area contributed by atoms with E-state index in [1.165, 1.54) is 7.11 Å². The summed E-state index contributed by atoms with van der Waals surface area (Å²) in [7, 11) is 1.38. The molecule has 0 aromatic carbocycles. The maximum atomic E-state index is 11.9. The summed E-state index contributed by atoms with van der Waals surface area (Å²) in [6.45, 7) is 27.8. The molecule has 32 heavy (non-hydrogen) atoms. The van der Waals surface area contributed by atoms with Crippen molar-refractivity contribution >= 4 is 5.97 Å². The van der Waals surface area contributed by atoms with Gasteiger partial charge in [-0.2, -0.15) is 0 Å². The highest BCUT2D eigenvalue weighted by Gasteiger charge is 2.29. The summed E-state index contributed by atoms with van der Waals surface area (Å²) < 4.78 is 4.84. The van der Waals surface area contributed by atoms with E-state index in [0.717, 1.165) is 41.7 Å². The molecule has 0 bridgehead atoms. The number of nitrogens with one attached hydrogen (secondary N) is 1. The highest BCUT2D eigenvalue weighted by atomic mass is 16.5. The standard InChI is InChI=1S/C27H49N3O2/c1-16(2)12-23(14-19(7)25(29)13-17(3)4)20(8)24(15-28)26(18(5)6)21(9)30-22(10)27(31)32-11/h15-18,22-23,25-26,30H,7-9,12-14,28-29H2,1-6,10-11H3/b24-15+/t22-,23+,25-,26-/m0/s1. The van der Waals surface area contributed by atoms with Crippen LogP contribution in [-0.2, 0) is 9.53 Å². The summed E-state index contributed by atoms with van der Waals surface area (Å²) in [6.07, 6.45) is 4.31. The third-order valence-electron chi connectivity index (χ3n) is 5.89. The average Bonchev–Trinajstić information content (AvgIpc) is 2.68. The number of esters is 1. The Balaban J connectivity index is 5.81. The summed E-state index contributed by atoms with van der Waals surface area (Å²) in [5.41, 5.74) is 16.3. The van der Waals surface area contributed by atoms with E-state index >= 15 is 0 Å². The molecule has 0 amide bonds. The maximum Gasteiger partial charge on any atom is 0.327 e. The van der Waals surface area contributed by atoms with Crippen molar-refractivity contribution in [1.82, 2.24) is 5.32 Å². The normalized spacial score (nSPS) is 15.9. The number of methoxy groups -OCH3 is 1. The molecule has 0 aliphatic heterocycles. The molecule has 0 rings (SSSR count). The Morgan fingerprint density at radius 2 is 1.53 bits per heavy atom. The summed E-state index contributed by atoms with van der Waals surface area (Å²) in [6, 6.07) is -0.525. The first kappa shape index (κ1) is 30.0. The van der Waals surface area contributed by atoms with Crippen molar-refractivity contribution in [3.05, 3.63) is 48.4 Å². The van der Waals surface area contributed by atoms with Crippen LogP contribution in [0.5, 0.6) is 0 Å². The molecule has 0 fully saturated rings. The van der Waals surface area contributed by atoms with Crippen LogP contribution in [0, 0.1) is 29.6 Å². The molecule has 0 unspecified atom stereocenters. The first-order valence-electron chi connectivity index (χ1n) is 11.8. The van der Waals surface area contributed by atoms with E-state index in [1.54, 1.807) is 13.1 Å². The highest BCUT2D eigenvalue weighted by molar-refractivity contribution is 5.75. The lowest BCUT2D eigenvalue weighted by Crippen LogP contribution is -2.38. The minimum absolute atomic E-state index is 0.0267. The van der Waals surface area contributed by atoms with Crippen molar-refractivity contribution in [1.29, 1.82) is 0 Å². The third kappa shape index (κ3) is 9.64. The number of nitrogens with two attached hydrogens (primary N) is 2. The zero-order chi connectivity index (χ0) is 25.2. The molecule has 5 N–H and O–H groups in total. The monoisotopic (exact) mass is 447 g/mol. The lowest BCUT2D eigenvalue weighted by atomic mass is 9.75. The van der Waals surface area contributed by atoms with Crippen LogP contribution >= 0.6 is 0 Å². The summed E-state index contributed by atoms with van der Waals surface area (Å²) in [5, 5.41) is 3.20.